The molecule has 0 saturated heterocycles. The van der Waals surface area contributed by atoms with Gasteiger partial charge in [0.1, 0.15) is 0 Å². The van der Waals surface area contributed by atoms with Crippen LogP contribution in [0.15, 0.2) is 53.4 Å². The van der Waals surface area contributed by atoms with Crippen LogP contribution in [0.5, 0.6) is 0 Å². The second-order valence-electron chi connectivity index (χ2n) is 4.35. The van der Waals surface area contributed by atoms with Crippen LogP contribution in [0.2, 0.25) is 0 Å². The summed E-state index contributed by atoms with van der Waals surface area (Å²) in [5.74, 6) is 0. The molecule has 0 aliphatic rings. The van der Waals surface area contributed by atoms with Gasteiger partial charge >= 0.3 is 0 Å². The van der Waals surface area contributed by atoms with Crippen LogP contribution in [-0.2, 0) is 0 Å². The third-order valence-electron chi connectivity index (χ3n) is 3.24. The lowest BCUT2D eigenvalue weighted by Gasteiger charge is -2.07. The molecule has 0 aliphatic carbocycles. The van der Waals surface area contributed by atoms with Gasteiger partial charge in [0.25, 0.3) is 0 Å². The molecule has 4 aromatic rings. The van der Waals surface area contributed by atoms with E-state index in [2.05, 4.69) is 49.1 Å². The lowest BCUT2D eigenvalue weighted by molar-refractivity contribution is 1.37. The van der Waals surface area contributed by atoms with Gasteiger partial charge in [0.05, 0.1) is 16.6 Å². The summed E-state index contributed by atoms with van der Waals surface area (Å²) in [7, 11) is 0. The molecule has 19 heavy (non-hydrogen) atoms. The van der Waals surface area contributed by atoms with Gasteiger partial charge in [0.2, 0.25) is 0 Å². The Morgan fingerprint density at radius 3 is 2.00 bits per heavy atom. The van der Waals surface area contributed by atoms with Crippen LogP contribution in [0.25, 0.3) is 32.7 Å². The highest BCUT2D eigenvalue weighted by Crippen LogP contribution is 2.32. The summed E-state index contributed by atoms with van der Waals surface area (Å²) >= 11 is 3.48. The summed E-state index contributed by atoms with van der Waals surface area (Å²) in [5.41, 5.74) is 2.84. The molecule has 0 fully saturated rings. The fraction of sp³-hybridized carbons (Fsp3) is 0. The van der Waals surface area contributed by atoms with Gasteiger partial charge in [-0.05, 0) is 46.3 Å². The van der Waals surface area contributed by atoms with E-state index in [1.165, 1.54) is 0 Å². The molecule has 90 valence electrons. The summed E-state index contributed by atoms with van der Waals surface area (Å²) in [6, 6.07) is 10.0. The van der Waals surface area contributed by atoms with Gasteiger partial charge in [-0.25, -0.2) is 0 Å². The number of rotatable bonds is 0. The van der Waals surface area contributed by atoms with Crippen molar-refractivity contribution >= 4 is 48.6 Å². The Morgan fingerprint density at radius 1 is 0.737 bits per heavy atom. The van der Waals surface area contributed by atoms with E-state index in [1.54, 1.807) is 12.4 Å². The number of aromatic nitrogens is 3. The van der Waals surface area contributed by atoms with Crippen molar-refractivity contribution in [3.8, 4) is 0 Å². The highest BCUT2D eigenvalue weighted by Gasteiger charge is 2.10. The number of halogens is 1. The van der Waals surface area contributed by atoms with E-state index in [9.17, 15) is 0 Å². The predicted octanol–water partition coefficient (Wildman–Crippen LogP) is 4.09. The van der Waals surface area contributed by atoms with Crippen molar-refractivity contribution in [2.24, 2.45) is 0 Å². The minimum atomic E-state index is 0.942. The molecule has 0 aliphatic heterocycles. The maximum Gasteiger partial charge on any atom is 0.0819 e. The zero-order valence-electron chi connectivity index (χ0n) is 9.84. The van der Waals surface area contributed by atoms with Gasteiger partial charge in [-0.2, -0.15) is 0 Å². The maximum absolute atomic E-state index is 4.53. The maximum atomic E-state index is 4.53. The lowest BCUT2D eigenvalue weighted by Crippen LogP contribution is -1.89. The van der Waals surface area contributed by atoms with Crippen molar-refractivity contribution in [3.63, 3.8) is 0 Å². The molecule has 0 atom stereocenters. The second-order valence-corrected chi connectivity index (χ2v) is 5.26. The molecule has 0 N–H and O–H groups in total. The largest absolute Gasteiger partial charge is 0.255 e. The minimum absolute atomic E-state index is 0.942. The Hall–Kier alpha value is -2.07. The third-order valence-corrected chi connectivity index (χ3v) is 3.67. The molecule has 0 bridgehead atoms. The second kappa shape index (κ2) is 3.96. The third kappa shape index (κ3) is 1.53. The van der Waals surface area contributed by atoms with Crippen LogP contribution in [-0.4, -0.2) is 15.0 Å². The first-order valence-electron chi connectivity index (χ1n) is 5.91. The predicted molar refractivity (Wildman–Crippen MR) is 80.0 cm³/mol. The fourth-order valence-corrected chi connectivity index (χ4v) is 2.79. The molecule has 3 heterocycles. The number of fused-ring (bicyclic) bond motifs is 6. The first-order valence-corrected chi connectivity index (χ1v) is 6.70. The Morgan fingerprint density at radius 2 is 1.32 bits per heavy atom. The van der Waals surface area contributed by atoms with E-state index >= 15 is 0 Å². The van der Waals surface area contributed by atoms with Gasteiger partial charge < -0.3 is 0 Å². The van der Waals surface area contributed by atoms with Gasteiger partial charge in [-0.1, -0.05) is 0 Å². The summed E-state index contributed by atoms with van der Waals surface area (Å²) in [4.78, 5) is 13.5. The molecule has 1 aromatic carbocycles. The average Bonchev–Trinajstić information content (AvgIpc) is 2.47. The van der Waals surface area contributed by atoms with Crippen molar-refractivity contribution < 1.29 is 0 Å². The summed E-state index contributed by atoms with van der Waals surface area (Å²) in [5, 5.41) is 3.17. The molecule has 3 aromatic heterocycles. The van der Waals surface area contributed by atoms with Gasteiger partial charge in [0, 0.05) is 39.2 Å². The molecule has 0 unspecified atom stereocenters. The molecule has 4 heteroatoms. The van der Waals surface area contributed by atoms with Crippen molar-refractivity contribution in [2.75, 3.05) is 0 Å². The first-order chi connectivity index (χ1) is 9.34. The minimum Gasteiger partial charge on any atom is -0.255 e. The van der Waals surface area contributed by atoms with E-state index in [1.807, 2.05) is 18.3 Å². The topological polar surface area (TPSA) is 38.7 Å². The Kier molecular flexibility index (Phi) is 2.26. The monoisotopic (exact) mass is 309 g/mol. The lowest BCUT2D eigenvalue weighted by atomic mass is 10.0. The van der Waals surface area contributed by atoms with E-state index in [4.69, 9.17) is 0 Å². The smallest absolute Gasteiger partial charge is 0.0819 e. The van der Waals surface area contributed by atoms with Crippen molar-refractivity contribution in [3.05, 3.63) is 53.4 Å². The molecule has 0 amide bonds. The number of nitrogens with zero attached hydrogens (tertiary/aromatic N) is 3. The van der Waals surface area contributed by atoms with E-state index in [-0.39, 0.29) is 0 Å². The SMILES string of the molecule is Brc1cnc2c3cccnc3c3cccnc3c2c1. The molecule has 0 radical (unpaired) electrons. The van der Waals surface area contributed by atoms with Crippen molar-refractivity contribution in [1.82, 2.24) is 15.0 Å². The normalized spacial score (nSPS) is 11.4. The van der Waals surface area contributed by atoms with Gasteiger partial charge in [-0.15, -0.1) is 0 Å². The molecule has 4 rings (SSSR count). The number of hydrogen-bond donors (Lipinski definition) is 0. The van der Waals surface area contributed by atoms with E-state index in [0.717, 1.165) is 37.2 Å². The summed E-state index contributed by atoms with van der Waals surface area (Å²) < 4.78 is 0.954. The van der Waals surface area contributed by atoms with Crippen LogP contribution >= 0.6 is 15.9 Å². The van der Waals surface area contributed by atoms with Crippen LogP contribution in [0.3, 0.4) is 0 Å². The standard InChI is InChI=1S/C15H8BrN3/c16-9-7-12-14-10(3-1-6-18-14)13-11(4-2-5-17-13)15(12)19-8-9/h1-8H. The fourth-order valence-electron chi connectivity index (χ4n) is 2.46. The summed E-state index contributed by atoms with van der Waals surface area (Å²) in [6.07, 6.45) is 5.42. The quantitative estimate of drug-likeness (QED) is 0.459. The summed E-state index contributed by atoms with van der Waals surface area (Å²) in [6.45, 7) is 0. The number of hydrogen-bond acceptors (Lipinski definition) is 3. The van der Waals surface area contributed by atoms with Crippen LogP contribution in [0.4, 0.5) is 0 Å². The van der Waals surface area contributed by atoms with Crippen LogP contribution < -0.4 is 0 Å². The number of pyridine rings is 3. The average molecular weight is 310 g/mol. The van der Waals surface area contributed by atoms with Crippen molar-refractivity contribution in [1.29, 1.82) is 0 Å². The zero-order valence-corrected chi connectivity index (χ0v) is 11.4. The number of benzene rings is 1. The molecular formula is C15H8BrN3. The molecule has 0 spiro atoms. The highest BCUT2D eigenvalue weighted by molar-refractivity contribution is 9.10. The van der Waals surface area contributed by atoms with Crippen molar-refractivity contribution in [2.45, 2.75) is 0 Å². The molecule has 0 saturated carbocycles. The van der Waals surface area contributed by atoms with Crippen LogP contribution in [0, 0.1) is 0 Å². The van der Waals surface area contributed by atoms with Gasteiger partial charge in [0.15, 0.2) is 0 Å². The zero-order chi connectivity index (χ0) is 12.8. The highest BCUT2D eigenvalue weighted by atomic mass is 79.9. The van der Waals surface area contributed by atoms with E-state index < -0.39 is 0 Å². The molecule has 3 nitrogen and oxygen atoms in total. The first kappa shape index (κ1) is 10.8. The van der Waals surface area contributed by atoms with Gasteiger partial charge in [-0.3, -0.25) is 15.0 Å². The Balaban J connectivity index is 2.43. The molecular weight excluding hydrogens is 302 g/mol. The van der Waals surface area contributed by atoms with E-state index in [0.29, 0.717) is 0 Å². The Bertz CT molecular complexity index is 899. The van der Waals surface area contributed by atoms with Crippen LogP contribution in [0.1, 0.15) is 0 Å². The Labute approximate surface area is 117 Å².